The molecule has 0 saturated heterocycles. The fourth-order valence-corrected chi connectivity index (χ4v) is 1.69. The van der Waals surface area contributed by atoms with Crippen molar-refractivity contribution in [3.05, 3.63) is 41.2 Å². The minimum absolute atomic E-state index is 0.280. The first-order valence-electron chi connectivity index (χ1n) is 4.16. The van der Waals surface area contributed by atoms with Crippen molar-refractivity contribution in [3.8, 4) is 0 Å². The van der Waals surface area contributed by atoms with Gasteiger partial charge in [0.05, 0.1) is 0 Å². The molecule has 0 radical (unpaired) electrons. The number of benzene rings is 1. The van der Waals surface area contributed by atoms with E-state index in [2.05, 4.69) is 9.36 Å². The quantitative estimate of drug-likeness (QED) is 0.853. The van der Waals surface area contributed by atoms with Crippen molar-refractivity contribution in [1.29, 1.82) is 0 Å². The van der Waals surface area contributed by atoms with Gasteiger partial charge in [0.2, 0.25) is 0 Å². The van der Waals surface area contributed by atoms with Crippen LogP contribution in [0, 0.1) is 11.6 Å². The highest BCUT2D eigenvalue weighted by atomic mass is 32.1. The third-order valence-electron chi connectivity index (χ3n) is 1.77. The molecular weight excluding hydrogens is 220 g/mol. The molecular formula is C9H7F2N3S. The Morgan fingerprint density at radius 2 is 1.87 bits per heavy atom. The van der Waals surface area contributed by atoms with E-state index in [1.165, 1.54) is 12.1 Å². The lowest BCUT2D eigenvalue weighted by Gasteiger charge is -1.98. The van der Waals surface area contributed by atoms with Crippen molar-refractivity contribution in [2.45, 2.75) is 6.42 Å². The number of nitrogens with two attached hydrogens (primary N) is 1. The molecule has 6 heteroatoms. The largest absolute Gasteiger partial charge is 0.374 e. The standard InChI is InChI=1S/C9H7F2N3S/c10-6-1-5(2-7(11)4-6)3-8-13-9(12)15-14-8/h1-2,4H,3H2,(H2,12,13,14). The third-order valence-corrected chi connectivity index (χ3v) is 2.35. The van der Waals surface area contributed by atoms with Crippen molar-refractivity contribution in [2.75, 3.05) is 5.73 Å². The molecule has 0 aliphatic rings. The van der Waals surface area contributed by atoms with Gasteiger partial charge < -0.3 is 5.73 Å². The lowest BCUT2D eigenvalue weighted by atomic mass is 10.1. The molecule has 2 rings (SSSR count). The van der Waals surface area contributed by atoms with Gasteiger partial charge in [0, 0.05) is 24.0 Å². The zero-order valence-electron chi connectivity index (χ0n) is 7.58. The van der Waals surface area contributed by atoms with Gasteiger partial charge in [-0.05, 0) is 17.7 Å². The van der Waals surface area contributed by atoms with Gasteiger partial charge in [0.15, 0.2) is 5.13 Å². The van der Waals surface area contributed by atoms with Crippen LogP contribution in [-0.4, -0.2) is 9.36 Å². The van der Waals surface area contributed by atoms with Crippen LogP contribution in [0.1, 0.15) is 11.4 Å². The highest BCUT2D eigenvalue weighted by molar-refractivity contribution is 7.09. The number of anilines is 1. The summed E-state index contributed by atoms with van der Waals surface area (Å²) in [6, 6.07) is 3.33. The van der Waals surface area contributed by atoms with E-state index in [9.17, 15) is 8.78 Å². The predicted octanol–water partition coefficient (Wildman–Crippen LogP) is 1.99. The minimum atomic E-state index is -0.604. The van der Waals surface area contributed by atoms with E-state index in [-0.39, 0.29) is 6.42 Å². The average Bonchev–Trinajstić information content (AvgIpc) is 2.49. The van der Waals surface area contributed by atoms with Crippen molar-refractivity contribution in [3.63, 3.8) is 0 Å². The Kier molecular flexibility index (Phi) is 2.59. The lowest BCUT2D eigenvalue weighted by molar-refractivity contribution is 0.580. The summed E-state index contributed by atoms with van der Waals surface area (Å²) in [6.45, 7) is 0. The number of nitrogens with zero attached hydrogens (tertiary/aromatic N) is 2. The second kappa shape index (κ2) is 3.90. The van der Waals surface area contributed by atoms with Gasteiger partial charge in [-0.15, -0.1) is 0 Å². The normalized spacial score (nSPS) is 10.5. The maximum Gasteiger partial charge on any atom is 0.199 e. The molecule has 0 bridgehead atoms. The topological polar surface area (TPSA) is 51.8 Å². The monoisotopic (exact) mass is 227 g/mol. The van der Waals surface area contributed by atoms with Crippen molar-refractivity contribution >= 4 is 16.7 Å². The molecule has 1 aromatic heterocycles. The molecule has 3 nitrogen and oxygen atoms in total. The fourth-order valence-electron chi connectivity index (χ4n) is 1.23. The molecule has 0 atom stereocenters. The first-order chi connectivity index (χ1) is 7.13. The van der Waals surface area contributed by atoms with Gasteiger partial charge in [-0.25, -0.2) is 13.8 Å². The van der Waals surface area contributed by atoms with E-state index in [4.69, 9.17) is 5.73 Å². The van der Waals surface area contributed by atoms with Crippen LogP contribution in [0.2, 0.25) is 0 Å². The van der Waals surface area contributed by atoms with Crippen LogP contribution in [0.15, 0.2) is 18.2 Å². The van der Waals surface area contributed by atoms with Crippen LogP contribution in [0.5, 0.6) is 0 Å². The average molecular weight is 227 g/mol. The Morgan fingerprint density at radius 1 is 1.20 bits per heavy atom. The van der Waals surface area contributed by atoms with Gasteiger partial charge in [0.25, 0.3) is 0 Å². The molecule has 0 unspecified atom stereocenters. The number of hydrogen-bond donors (Lipinski definition) is 1. The zero-order valence-corrected chi connectivity index (χ0v) is 8.39. The molecule has 0 aliphatic heterocycles. The molecule has 2 N–H and O–H groups in total. The first kappa shape index (κ1) is 9.97. The number of rotatable bonds is 2. The Hall–Kier alpha value is -1.56. The van der Waals surface area contributed by atoms with Gasteiger partial charge in [-0.2, -0.15) is 4.37 Å². The predicted molar refractivity (Wildman–Crippen MR) is 53.5 cm³/mol. The highest BCUT2D eigenvalue weighted by Gasteiger charge is 2.05. The number of hydrogen-bond acceptors (Lipinski definition) is 4. The summed E-state index contributed by atoms with van der Waals surface area (Å²) >= 11 is 1.06. The van der Waals surface area contributed by atoms with Crippen molar-refractivity contribution in [1.82, 2.24) is 9.36 Å². The summed E-state index contributed by atoms with van der Waals surface area (Å²) in [6.07, 6.45) is 0.280. The molecule has 0 amide bonds. The number of halogens is 2. The Morgan fingerprint density at radius 3 is 2.40 bits per heavy atom. The summed E-state index contributed by atoms with van der Waals surface area (Å²) in [5, 5.41) is 0.349. The van der Waals surface area contributed by atoms with Crippen LogP contribution in [0.25, 0.3) is 0 Å². The lowest BCUT2D eigenvalue weighted by Crippen LogP contribution is -1.93. The van der Waals surface area contributed by atoms with Crippen molar-refractivity contribution < 1.29 is 8.78 Å². The van der Waals surface area contributed by atoms with Crippen molar-refractivity contribution in [2.24, 2.45) is 0 Å². The molecule has 0 saturated carbocycles. The summed E-state index contributed by atoms with van der Waals surface area (Å²) in [7, 11) is 0. The molecule has 2 aromatic rings. The maximum absolute atomic E-state index is 12.8. The summed E-state index contributed by atoms with van der Waals surface area (Å²) < 4.78 is 29.6. The first-order valence-corrected chi connectivity index (χ1v) is 4.94. The second-order valence-corrected chi connectivity index (χ2v) is 3.79. The van der Waals surface area contributed by atoms with E-state index < -0.39 is 11.6 Å². The highest BCUT2D eigenvalue weighted by Crippen LogP contribution is 2.13. The minimum Gasteiger partial charge on any atom is -0.374 e. The van der Waals surface area contributed by atoms with E-state index in [1.807, 2.05) is 0 Å². The third kappa shape index (κ3) is 2.47. The molecule has 1 heterocycles. The summed E-state index contributed by atoms with van der Waals surface area (Å²) in [5.74, 6) is -0.732. The van der Waals surface area contributed by atoms with E-state index in [0.29, 0.717) is 16.5 Å². The Labute approximate surface area is 88.7 Å². The molecule has 15 heavy (non-hydrogen) atoms. The summed E-state index contributed by atoms with van der Waals surface area (Å²) in [4.78, 5) is 3.91. The molecule has 1 aromatic carbocycles. The SMILES string of the molecule is Nc1nc(Cc2cc(F)cc(F)c2)ns1. The molecule has 0 aliphatic carbocycles. The molecule has 0 spiro atoms. The molecule has 78 valence electrons. The molecule has 0 fully saturated rings. The van der Waals surface area contributed by atoms with E-state index in [0.717, 1.165) is 17.6 Å². The van der Waals surface area contributed by atoms with Gasteiger partial charge in [-0.3, -0.25) is 0 Å². The van der Waals surface area contributed by atoms with Gasteiger partial charge in [0.1, 0.15) is 17.5 Å². The van der Waals surface area contributed by atoms with Crippen LogP contribution in [0.3, 0.4) is 0 Å². The smallest absolute Gasteiger partial charge is 0.199 e. The number of nitrogen functional groups attached to an aromatic ring is 1. The second-order valence-electron chi connectivity index (χ2n) is 3.00. The van der Waals surface area contributed by atoms with Gasteiger partial charge >= 0.3 is 0 Å². The maximum atomic E-state index is 12.8. The summed E-state index contributed by atoms with van der Waals surface area (Å²) in [5.41, 5.74) is 5.88. The fraction of sp³-hybridized carbons (Fsp3) is 0.111. The number of aromatic nitrogens is 2. The van der Waals surface area contributed by atoms with E-state index >= 15 is 0 Å². The van der Waals surface area contributed by atoms with Gasteiger partial charge in [-0.1, -0.05) is 0 Å². The zero-order chi connectivity index (χ0) is 10.8. The van der Waals surface area contributed by atoms with E-state index in [1.54, 1.807) is 0 Å². The van der Waals surface area contributed by atoms with Crippen LogP contribution in [0.4, 0.5) is 13.9 Å². The Balaban J connectivity index is 2.24. The van der Waals surface area contributed by atoms with Crippen LogP contribution in [-0.2, 0) is 6.42 Å². The van der Waals surface area contributed by atoms with Crippen LogP contribution >= 0.6 is 11.5 Å². The Bertz CT molecular complexity index is 464. The van der Waals surface area contributed by atoms with Crippen LogP contribution < -0.4 is 5.73 Å².